The summed E-state index contributed by atoms with van der Waals surface area (Å²) in [5.41, 5.74) is 5.16. The van der Waals surface area contributed by atoms with E-state index in [0.717, 1.165) is 42.1 Å². The van der Waals surface area contributed by atoms with Crippen molar-refractivity contribution >= 4 is 16.9 Å². The van der Waals surface area contributed by atoms with E-state index in [2.05, 4.69) is 36.2 Å². The third-order valence-electron chi connectivity index (χ3n) is 6.35. The Bertz CT molecular complexity index is 1070. The van der Waals surface area contributed by atoms with Gasteiger partial charge in [0, 0.05) is 19.5 Å². The number of halogens is 1. The zero-order chi connectivity index (χ0) is 22.0. The summed E-state index contributed by atoms with van der Waals surface area (Å²) in [6.07, 6.45) is 3.03. The normalized spacial score (nSPS) is 15.5. The molecule has 0 unspecified atom stereocenters. The van der Waals surface area contributed by atoms with E-state index >= 15 is 0 Å². The number of aryl methyl sites for hydroxylation is 2. The van der Waals surface area contributed by atoms with Crippen molar-refractivity contribution in [3.63, 3.8) is 0 Å². The van der Waals surface area contributed by atoms with E-state index < -0.39 is 0 Å². The van der Waals surface area contributed by atoms with E-state index in [1.165, 1.54) is 36.1 Å². The minimum Gasteiger partial charge on any atom is -0.353 e. The predicted octanol–water partition coefficient (Wildman–Crippen LogP) is 4.16. The second-order valence-electron chi connectivity index (χ2n) is 8.64. The number of hydrogen-bond acceptors (Lipinski definition) is 3. The first-order valence-electron chi connectivity index (χ1n) is 11.1. The lowest BCUT2D eigenvalue weighted by Gasteiger charge is -2.20. The molecule has 2 aromatic carbocycles. The number of carbonyl (C=O) groups excluding carboxylic acids is 1. The van der Waals surface area contributed by atoms with Crippen LogP contribution in [0.15, 0.2) is 36.4 Å². The Morgan fingerprint density at radius 2 is 1.81 bits per heavy atom. The molecule has 0 bridgehead atoms. The Morgan fingerprint density at radius 1 is 1.13 bits per heavy atom. The number of rotatable bonds is 7. The molecule has 2 heterocycles. The van der Waals surface area contributed by atoms with Gasteiger partial charge in [0.25, 0.3) is 0 Å². The van der Waals surface area contributed by atoms with E-state index in [0.29, 0.717) is 13.0 Å². The topological polar surface area (TPSA) is 50.2 Å². The smallest absolute Gasteiger partial charge is 0.242 e. The average molecular weight is 423 g/mol. The van der Waals surface area contributed by atoms with Gasteiger partial charge in [-0.3, -0.25) is 4.79 Å². The van der Waals surface area contributed by atoms with Crippen molar-refractivity contribution in [1.29, 1.82) is 0 Å². The molecule has 1 aliphatic heterocycles. The Kier molecular flexibility index (Phi) is 6.37. The van der Waals surface area contributed by atoms with E-state index in [-0.39, 0.29) is 17.8 Å². The molecule has 0 spiro atoms. The molecule has 164 valence electrons. The first-order chi connectivity index (χ1) is 14.9. The quantitative estimate of drug-likeness (QED) is 0.622. The second-order valence-corrected chi connectivity index (χ2v) is 8.64. The molecule has 6 heteroatoms. The maximum absolute atomic E-state index is 13.3. The average Bonchev–Trinajstić information content (AvgIpc) is 3.37. The Labute approximate surface area is 183 Å². The number of imidazole rings is 1. The number of hydrogen-bond donors (Lipinski definition) is 1. The molecular formula is C25H31FN4O. The van der Waals surface area contributed by atoms with Gasteiger partial charge in [0.15, 0.2) is 0 Å². The van der Waals surface area contributed by atoms with Crippen molar-refractivity contribution in [2.75, 3.05) is 26.2 Å². The van der Waals surface area contributed by atoms with Crippen LogP contribution in [0.5, 0.6) is 0 Å². The van der Waals surface area contributed by atoms with Crippen molar-refractivity contribution in [3.8, 4) is 0 Å². The second kappa shape index (κ2) is 9.18. The summed E-state index contributed by atoms with van der Waals surface area (Å²) in [6, 6.07) is 10.3. The van der Waals surface area contributed by atoms with Gasteiger partial charge < -0.3 is 14.8 Å². The summed E-state index contributed by atoms with van der Waals surface area (Å²) in [5.74, 6) is 0.556. The summed E-state index contributed by atoms with van der Waals surface area (Å²) in [6.45, 7) is 9.87. The molecule has 1 amide bonds. The van der Waals surface area contributed by atoms with Crippen molar-refractivity contribution < 1.29 is 9.18 Å². The zero-order valence-electron chi connectivity index (χ0n) is 18.6. The SMILES string of the molecule is Cc1cc2nc(Cc3ccc(F)cc3)n([C@H](C)C(=O)NCCN3CCCC3)c2cc1C. The maximum Gasteiger partial charge on any atom is 0.242 e. The van der Waals surface area contributed by atoms with Crippen LogP contribution in [0, 0.1) is 19.7 Å². The number of aromatic nitrogens is 2. The van der Waals surface area contributed by atoms with E-state index in [1.807, 2.05) is 11.5 Å². The molecular weight excluding hydrogens is 391 g/mol. The van der Waals surface area contributed by atoms with Crippen LogP contribution >= 0.6 is 0 Å². The Hall–Kier alpha value is -2.73. The molecule has 0 saturated carbocycles. The number of likely N-dealkylation sites (tertiary alicyclic amines) is 1. The van der Waals surface area contributed by atoms with Crippen molar-refractivity contribution in [3.05, 3.63) is 64.7 Å². The maximum atomic E-state index is 13.3. The van der Waals surface area contributed by atoms with Crippen LogP contribution < -0.4 is 5.32 Å². The molecule has 0 radical (unpaired) electrons. The number of carbonyl (C=O) groups is 1. The summed E-state index contributed by atoms with van der Waals surface area (Å²) >= 11 is 0. The molecule has 1 fully saturated rings. The third kappa shape index (κ3) is 4.79. The number of fused-ring (bicyclic) bond motifs is 1. The van der Waals surface area contributed by atoms with Gasteiger partial charge in [-0.2, -0.15) is 0 Å². The standard InChI is InChI=1S/C25H31FN4O/c1-17-14-22-23(15-18(17)2)30(24(28-22)16-20-6-8-21(26)9-7-20)19(3)25(31)27-10-13-29-11-4-5-12-29/h6-9,14-15,19H,4-5,10-13,16H2,1-3H3,(H,27,31)/t19-/m1/s1. The number of nitrogens with one attached hydrogen (secondary N) is 1. The van der Waals surface area contributed by atoms with Gasteiger partial charge in [-0.05, 0) is 87.7 Å². The first-order valence-corrected chi connectivity index (χ1v) is 11.1. The molecule has 4 rings (SSSR count). The molecule has 0 aliphatic carbocycles. The lowest BCUT2D eigenvalue weighted by Crippen LogP contribution is -2.37. The van der Waals surface area contributed by atoms with Gasteiger partial charge in [-0.1, -0.05) is 12.1 Å². The van der Waals surface area contributed by atoms with Crippen LogP contribution in [0.4, 0.5) is 4.39 Å². The zero-order valence-corrected chi connectivity index (χ0v) is 18.6. The highest BCUT2D eigenvalue weighted by molar-refractivity contribution is 5.84. The third-order valence-corrected chi connectivity index (χ3v) is 6.35. The van der Waals surface area contributed by atoms with E-state index in [9.17, 15) is 9.18 Å². The largest absolute Gasteiger partial charge is 0.353 e. The van der Waals surface area contributed by atoms with Crippen molar-refractivity contribution in [1.82, 2.24) is 19.8 Å². The van der Waals surface area contributed by atoms with Crippen LogP contribution in [-0.2, 0) is 11.2 Å². The summed E-state index contributed by atoms with van der Waals surface area (Å²) in [5, 5.41) is 3.11. The van der Waals surface area contributed by atoms with Gasteiger partial charge in [-0.15, -0.1) is 0 Å². The molecule has 3 aromatic rings. The van der Waals surface area contributed by atoms with Gasteiger partial charge in [0.2, 0.25) is 5.91 Å². The Morgan fingerprint density at radius 3 is 2.52 bits per heavy atom. The fourth-order valence-electron chi connectivity index (χ4n) is 4.35. The van der Waals surface area contributed by atoms with Crippen LogP contribution in [0.2, 0.25) is 0 Å². The highest BCUT2D eigenvalue weighted by atomic mass is 19.1. The number of nitrogens with zero attached hydrogens (tertiary/aromatic N) is 3. The predicted molar refractivity (Wildman–Crippen MR) is 122 cm³/mol. The highest BCUT2D eigenvalue weighted by Gasteiger charge is 2.22. The van der Waals surface area contributed by atoms with Crippen LogP contribution in [-0.4, -0.2) is 46.5 Å². The van der Waals surface area contributed by atoms with E-state index in [4.69, 9.17) is 4.98 Å². The monoisotopic (exact) mass is 422 g/mol. The van der Waals surface area contributed by atoms with Crippen LogP contribution in [0.25, 0.3) is 11.0 Å². The van der Waals surface area contributed by atoms with Crippen molar-refractivity contribution in [2.24, 2.45) is 0 Å². The van der Waals surface area contributed by atoms with E-state index in [1.54, 1.807) is 12.1 Å². The molecule has 1 atom stereocenters. The lowest BCUT2D eigenvalue weighted by molar-refractivity contribution is -0.123. The molecule has 31 heavy (non-hydrogen) atoms. The summed E-state index contributed by atoms with van der Waals surface area (Å²) in [7, 11) is 0. The molecule has 1 N–H and O–H groups in total. The van der Waals surface area contributed by atoms with Gasteiger partial charge in [0.05, 0.1) is 11.0 Å². The first kappa shape index (κ1) is 21.5. The van der Waals surface area contributed by atoms with Gasteiger partial charge in [-0.25, -0.2) is 9.37 Å². The lowest BCUT2D eigenvalue weighted by atomic mass is 10.1. The highest BCUT2D eigenvalue weighted by Crippen LogP contribution is 2.26. The summed E-state index contributed by atoms with van der Waals surface area (Å²) in [4.78, 5) is 20.3. The molecule has 1 aliphatic rings. The molecule has 1 saturated heterocycles. The Balaban J connectivity index is 1.60. The fraction of sp³-hybridized carbons (Fsp3) is 0.440. The molecule has 1 aromatic heterocycles. The fourth-order valence-corrected chi connectivity index (χ4v) is 4.35. The van der Waals surface area contributed by atoms with Gasteiger partial charge in [0.1, 0.15) is 17.7 Å². The number of benzene rings is 2. The summed E-state index contributed by atoms with van der Waals surface area (Å²) < 4.78 is 15.4. The molecule has 5 nitrogen and oxygen atoms in total. The minimum absolute atomic E-state index is 0.00270. The number of amides is 1. The van der Waals surface area contributed by atoms with Crippen LogP contribution in [0.3, 0.4) is 0 Å². The van der Waals surface area contributed by atoms with Gasteiger partial charge >= 0.3 is 0 Å². The minimum atomic E-state index is -0.388. The van der Waals surface area contributed by atoms with Crippen LogP contribution in [0.1, 0.15) is 48.3 Å². The van der Waals surface area contributed by atoms with Crippen molar-refractivity contribution in [2.45, 2.75) is 46.1 Å².